The summed E-state index contributed by atoms with van der Waals surface area (Å²) in [5.41, 5.74) is 5.62. The molecule has 0 unspecified atom stereocenters. The molecule has 3 nitrogen and oxygen atoms in total. The molecule has 0 saturated carbocycles. The van der Waals surface area contributed by atoms with Crippen LogP contribution in [0, 0.1) is 0 Å². The van der Waals surface area contributed by atoms with Gasteiger partial charge in [-0.15, -0.1) is 0 Å². The highest BCUT2D eigenvalue weighted by molar-refractivity contribution is 5.87. The monoisotopic (exact) mass is 155 g/mol. The zero-order valence-corrected chi connectivity index (χ0v) is 6.51. The number of nitrogens with two attached hydrogens (primary N) is 1. The van der Waals surface area contributed by atoms with Gasteiger partial charge in [-0.3, -0.25) is 0 Å². The van der Waals surface area contributed by atoms with Crippen molar-refractivity contribution in [3.05, 3.63) is 24.8 Å². The maximum Gasteiger partial charge on any atom is 0.333 e. The Morgan fingerprint density at radius 2 is 2.27 bits per heavy atom. The van der Waals surface area contributed by atoms with Crippen molar-refractivity contribution in [3.8, 4) is 0 Å². The molecule has 0 aromatic carbocycles. The Bertz CT molecular complexity index is 163. The quantitative estimate of drug-likeness (QED) is 0.360. The smallest absolute Gasteiger partial charge is 0.333 e. The number of rotatable bonds is 5. The standard InChI is InChI=1S/C8H13NO2/c1-3-6-11-8(10)7(2)4-5-9/h3H,1-2,4-6,9H2. The molecule has 0 radical (unpaired) electrons. The van der Waals surface area contributed by atoms with Gasteiger partial charge in [-0.2, -0.15) is 0 Å². The van der Waals surface area contributed by atoms with E-state index in [0.717, 1.165) is 0 Å². The van der Waals surface area contributed by atoms with Crippen molar-refractivity contribution in [2.75, 3.05) is 13.2 Å². The van der Waals surface area contributed by atoms with Gasteiger partial charge in [-0.25, -0.2) is 4.79 Å². The second kappa shape index (κ2) is 5.68. The van der Waals surface area contributed by atoms with Crippen LogP contribution in [-0.4, -0.2) is 19.1 Å². The predicted octanol–water partition coefficient (Wildman–Crippen LogP) is 0.621. The fraction of sp³-hybridized carbons (Fsp3) is 0.375. The first kappa shape index (κ1) is 9.91. The van der Waals surface area contributed by atoms with E-state index in [0.29, 0.717) is 18.5 Å². The predicted molar refractivity (Wildman–Crippen MR) is 44.0 cm³/mol. The van der Waals surface area contributed by atoms with Gasteiger partial charge >= 0.3 is 5.97 Å². The van der Waals surface area contributed by atoms with Crippen LogP contribution in [0.15, 0.2) is 24.8 Å². The Hall–Kier alpha value is -1.09. The van der Waals surface area contributed by atoms with Crippen molar-refractivity contribution in [3.63, 3.8) is 0 Å². The summed E-state index contributed by atoms with van der Waals surface area (Å²) in [6.45, 7) is 7.56. The van der Waals surface area contributed by atoms with Crippen molar-refractivity contribution in [1.82, 2.24) is 0 Å². The van der Waals surface area contributed by atoms with Gasteiger partial charge < -0.3 is 10.5 Å². The summed E-state index contributed by atoms with van der Waals surface area (Å²) >= 11 is 0. The lowest BCUT2D eigenvalue weighted by atomic mass is 10.2. The molecule has 0 amide bonds. The van der Waals surface area contributed by atoms with E-state index in [9.17, 15) is 4.79 Å². The average molecular weight is 155 g/mol. The van der Waals surface area contributed by atoms with E-state index in [1.54, 1.807) is 0 Å². The zero-order chi connectivity index (χ0) is 8.69. The summed E-state index contributed by atoms with van der Waals surface area (Å²) in [7, 11) is 0. The van der Waals surface area contributed by atoms with E-state index < -0.39 is 5.97 Å². The Labute approximate surface area is 66.5 Å². The molecule has 0 atom stereocenters. The van der Waals surface area contributed by atoms with Crippen molar-refractivity contribution < 1.29 is 9.53 Å². The van der Waals surface area contributed by atoms with Crippen molar-refractivity contribution >= 4 is 5.97 Å². The average Bonchev–Trinajstić information content (AvgIpc) is 2.00. The highest BCUT2D eigenvalue weighted by Gasteiger charge is 2.05. The van der Waals surface area contributed by atoms with Gasteiger partial charge in [-0.05, 0) is 13.0 Å². The van der Waals surface area contributed by atoms with Crippen LogP contribution in [0.1, 0.15) is 6.42 Å². The van der Waals surface area contributed by atoms with E-state index in [2.05, 4.69) is 13.2 Å². The molecule has 2 N–H and O–H groups in total. The molecule has 62 valence electrons. The van der Waals surface area contributed by atoms with Crippen LogP contribution in [-0.2, 0) is 9.53 Å². The summed E-state index contributed by atoms with van der Waals surface area (Å²) in [6, 6.07) is 0. The number of hydrogen-bond acceptors (Lipinski definition) is 3. The van der Waals surface area contributed by atoms with Gasteiger partial charge in [0.25, 0.3) is 0 Å². The first-order valence-electron chi connectivity index (χ1n) is 3.38. The fourth-order valence-electron chi connectivity index (χ4n) is 0.513. The summed E-state index contributed by atoms with van der Waals surface area (Å²) < 4.78 is 4.69. The first-order valence-corrected chi connectivity index (χ1v) is 3.38. The summed E-state index contributed by atoms with van der Waals surface area (Å²) in [5, 5.41) is 0. The van der Waals surface area contributed by atoms with Crippen LogP contribution in [0.25, 0.3) is 0 Å². The minimum absolute atomic E-state index is 0.225. The Kier molecular flexibility index (Phi) is 5.11. The van der Waals surface area contributed by atoms with Crippen LogP contribution in [0.4, 0.5) is 0 Å². The third kappa shape index (κ3) is 4.33. The maximum atomic E-state index is 10.9. The second-order valence-electron chi connectivity index (χ2n) is 2.03. The van der Waals surface area contributed by atoms with Gasteiger partial charge in [0, 0.05) is 5.57 Å². The molecular formula is C8H13NO2. The number of esters is 1. The maximum absolute atomic E-state index is 10.9. The third-order valence-electron chi connectivity index (χ3n) is 1.07. The molecule has 11 heavy (non-hydrogen) atoms. The molecule has 0 rings (SSSR count). The molecular weight excluding hydrogens is 142 g/mol. The highest BCUT2D eigenvalue weighted by atomic mass is 16.5. The third-order valence-corrected chi connectivity index (χ3v) is 1.07. The summed E-state index contributed by atoms with van der Waals surface area (Å²) in [4.78, 5) is 10.9. The minimum atomic E-state index is -0.393. The Morgan fingerprint density at radius 3 is 2.73 bits per heavy atom. The topological polar surface area (TPSA) is 52.3 Å². The zero-order valence-electron chi connectivity index (χ0n) is 6.51. The Balaban J connectivity index is 3.64. The van der Waals surface area contributed by atoms with E-state index in [4.69, 9.17) is 10.5 Å². The number of hydrogen-bond donors (Lipinski definition) is 1. The molecule has 0 bridgehead atoms. The van der Waals surface area contributed by atoms with E-state index in [1.807, 2.05) is 0 Å². The van der Waals surface area contributed by atoms with Crippen molar-refractivity contribution in [1.29, 1.82) is 0 Å². The van der Waals surface area contributed by atoms with Crippen molar-refractivity contribution in [2.45, 2.75) is 6.42 Å². The van der Waals surface area contributed by atoms with Crippen LogP contribution in [0.2, 0.25) is 0 Å². The van der Waals surface area contributed by atoms with E-state index in [-0.39, 0.29) is 6.61 Å². The van der Waals surface area contributed by atoms with Gasteiger partial charge in [0.2, 0.25) is 0 Å². The SMILES string of the molecule is C=CCOC(=O)C(=C)CCN. The van der Waals surface area contributed by atoms with E-state index >= 15 is 0 Å². The molecule has 0 spiro atoms. The van der Waals surface area contributed by atoms with Crippen molar-refractivity contribution in [2.24, 2.45) is 5.73 Å². The molecule has 0 heterocycles. The Morgan fingerprint density at radius 1 is 1.64 bits per heavy atom. The molecule has 0 aliphatic rings. The number of carbonyl (C=O) groups excluding carboxylic acids is 1. The van der Waals surface area contributed by atoms with Gasteiger partial charge in [0.1, 0.15) is 6.61 Å². The molecule has 3 heteroatoms. The summed E-state index contributed by atoms with van der Waals surface area (Å²) in [6.07, 6.45) is 1.99. The second-order valence-corrected chi connectivity index (χ2v) is 2.03. The molecule has 0 aliphatic heterocycles. The number of ether oxygens (including phenoxy) is 1. The molecule has 0 aliphatic carbocycles. The van der Waals surface area contributed by atoms with Gasteiger partial charge in [0.15, 0.2) is 0 Å². The van der Waals surface area contributed by atoms with Crippen LogP contribution in [0.3, 0.4) is 0 Å². The van der Waals surface area contributed by atoms with Gasteiger partial charge in [0.05, 0.1) is 0 Å². The fourth-order valence-corrected chi connectivity index (χ4v) is 0.513. The highest BCUT2D eigenvalue weighted by Crippen LogP contribution is 1.98. The lowest BCUT2D eigenvalue weighted by Gasteiger charge is -2.02. The lowest BCUT2D eigenvalue weighted by Crippen LogP contribution is -2.10. The summed E-state index contributed by atoms with van der Waals surface area (Å²) in [5.74, 6) is -0.393. The normalized spacial score (nSPS) is 8.82. The van der Waals surface area contributed by atoms with Crippen LogP contribution >= 0.6 is 0 Å². The van der Waals surface area contributed by atoms with E-state index in [1.165, 1.54) is 6.08 Å². The molecule has 0 saturated heterocycles. The minimum Gasteiger partial charge on any atom is -0.458 e. The molecule has 0 fully saturated rings. The van der Waals surface area contributed by atoms with Crippen LogP contribution in [0.5, 0.6) is 0 Å². The molecule has 0 aromatic rings. The van der Waals surface area contributed by atoms with Gasteiger partial charge in [-0.1, -0.05) is 19.2 Å². The lowest BCUT2D eigenvalue weighted by molar-refractivity contribution is -0.137. The largest absolute Gasteiger partial charge is 0.458 e. The number of carbonyl (C=O) groups is 1. The first-order chi connectivity index (χ1) is 5.22. The molecule has 0 aromatic heterocycles. The van der Waals surface area contributed by atoms with Crippen LogP contribution < -0.4 is 5.73 Å².